The van der Waals surface area contributed by atoms with Crippen molar-refractivity contribution in [2.75, 3.05) is 25.0 Å². The van der Waals surface area contributed by atoms with Crippen molar-refractivity contribution < 1.29 is 14.3 Å². The molecule has 0 radical (unpaired) electrons. The molecule has 0 spiro atoms. The normalized spacial score (nSPS) is 17.0. The smallest absolute Gasteiger partial charge is 0.414 e. The lowest BCUT2D eigenvalue weighted by Crippen LogP contribution is -2.28. The van der Waals surface area contributed by atoms with Crippen LogP contribution in [-0.2, 0) is 11.3 Å². The number of anilines is 1. The number of cyclic esters (lactones) is 1. The van der Waals surface area contributed by atoms with E-state index in [-0.39, 0.29) is 12.2 Å². The van der Waals surface area contributed by atoms with E-state index >= 15 is 0 Å². The van der Waals surface area contributed by atoms with Gasteiger partial charge >= 0.3 is 6.09 Å². The molecule has 1 amide bonds. The summed E-state index contributed by atoms with van der Waals surface area (Å²) in [6, 6.07) is 15.0. The quantitative estimate of drug-likeness (QED) is 0.870. The third-order valence-corrected chi connectivity index (χ3v) is 3.98. The maximum atomic E-state index is 11.9. The molecule has 1 heterocycles. The topological polar surface area (TPSA) is 50.8 Å². The molecule has 1 aliphatic rings. The number of nitrogens with one attached hydrogen (secondary N) is 1. The highest BCUT2D eigenvalue weighted by molar-refractivity contribution is 6.30. The Balaban J connectivity index is 1.60. The van der Waals surface area contributed by atoms with Gasteiger partial charge in [-0.25, -0.2) is 4.79 Å². The van der Waals surface area contributed by atoms with Crippen molar-refractivity contribution in [2.24, 2.45) is 0 Å². The molecule has 1 atom stereocenters. The van der Waals surface area contributed by atoms with Crippen LogP contribution >= 0.6 is 11.6 Å². The van der Waals surface area contributed by atoms with Crippen molar-refractivity contribution in [1.82, 2.24) is 5.32 Å². The SMILES string of the molecule is CNC[C@H]1CN(c2ccc(OCc3cccc(Cl)c3)cc2)C(=O)O1. The molecule has 1 N–H and O–H groups in total. The second-order valence-electron chi connectivity index (χ2n) is 5.59. The van der Waals surface area contributed by atoms with Gasteiger partial charge in [0.2, 0.25) is 0 Å². The fourth-order valence-electron chi connectivity index (χ4n) is 2.58. The molecule has 2 aromatic rings. The third kappa shape index (κ3) is 3.99. The van der Waals surface area contributed by atoms with E-state index in [2.05, 4.69) is 5.32 Å². The average molecular weight is 347 g/mol. The van der Waals surface area contributed by atoms with Gasteiger partial charge in [-0.05, 0) is 49.0 Å². The number of likely N-dealkylation sites (N-methyl/N-ethyl adjacent to an activating group) is 1. The first kappa shape index (κ1) is 16.6. The first-order valence-electron chi connectivity index (χ1n) is 7.76. The summed E-state index contributed by atoms with van der Waals surface area (Å²) in [5, 5.41) is 3.70. The second-order valence-corrected chi connectivity index (χ2v) is 6.02. The van der Waals surface area contributed by atoms with Crippen LogP contribution in [0.15, 0.2) is 48.5 Å². The summed E-state index contributed by atoms with van der Waals surface area (Å²) in [4.78, 5) is 13.5. The Morgan fingerprint density at radius 2 is 2.08 bits per heavy atom. The van der Waals surface area contributed by atoms with Crippen molar-refractivity contribution in [1.29, 1.82) is 0 Å². The van der Waals surface area contributed by atoms with Crippen molar-refractivity contribution in [3.63, 3.8) is 0 Å². The highest BCUT2D eigenvalue weighted by atomic mass is 35.5. The minimum atomic E-state index is -0.317. The van der Waals surface area contributed by atoms with Crippen molar-refractivity contribution in [3.05, 3.63) is 59.1 Å². The zero-order chi connectivity index (χ0) is 16.9. The van der Waals surface area contributed by atoms with Gasteiger partial charge in [0.05, 0.1) is 6.54 Å². The van der Waals surface area contributed by atoms with E-state index in [0.717, 1.165) is 17.0 Å². The zero-order valence-corrected chi connectivity index (χ0v) is 14.1. The lowest BCUT2D eigenvalue weighted by molar-refractivity contribution is 0.141. The van der Waals surface area contributed by atoms with Crippen LogP contribution in [0.25, 0.3) is 0 Å². The summed E-state index contributed by atoms with van der Waals surface area (Å²) < 4.78 is 11.0. The third-order valence-electron chi connectivity index (χ3n) is 3.75. The zero-order valence-electron chi connectivity index (χ0n) is 13.4. The molecule has 5 nitrogen and oxygen atoms in total. The van der Waals surface area contributed by atoms with Crippen LogP contribution < -0.4 is 15.0 Å². The lowest BCUT2D eigenvalue weighted by Gasteiger charge is -2.14. The average Bonchev–Trinajstić information content (AvgIpc) is 2.94. The highest BCUT2D eigenvalue weighted by Gasteiger charge is 2.31. The second kappa shape index (κ2) is 7.55. The van der Waals surface area contributed by atoms with E-state index in [0.29, 0.717) is 24.7 Å². The van der Waals surface area contributed by atoms with E-state index < -0.39 is 0 Å². The Morgan fingerprint density at radius 1 is 1.29 bits per heavy atom. The fraction of sp³-hybridized carbons (Fsp3) is 0.278. The maximum absolute atomic E-state index is 11.9. The van der Waals surface area contributed by atoms with Gasteiger partial charge in [0.1, 0.15) is 18.5 Å². The molecule has 6 heteroatoms. The van der Waals surface area contributed by atoms with E-state index in [4.69, 9.17) is 21.1 Å². The fourth-order valence-corrected chi connectivity index (χ4v) is 2.79. The van der Waals surface area contributed by atoms with Gasteiger partial charge < -0.3 is 14.8 Å². The van der Waals surface area contributed by atoms with Crippen LogP contribution in [0, 0.1) is 0 Å². The summed E-state index contributed by atoms with van der Waals surface area (Å²) in [5.74, 6) is 0.734. The first-order valence-corrected chi connectivity index (χ1v) is 8.13. The number of halogens is 1. The van der Waals surface area contributed by atoms with Crippen LogP contribution in [0.3, 0.4) is 0 Å². The molecule has 2 aromatic carbocycles. The number of nitrogens with zero attached hydrogens (tertiary/aromatic N) is 1. The van der Waals surface area contributed by atoms with E-state index in [1.54, 1.807) is 4.90 Å². The number of rotatable bonds is 6. The summed E-state index contributed by atoms with van der Waals surface area (Å²) in [5.41, 5.74) is 1.80. The maximum Gasteiger partial charge on any atom is 0.414 e. The van der Waals surface area contributed by atoms with Gasteiger partial charge in [0.15, 0.2) is 0 Å². The molecular formula is C18H19ClN2O3. The Bertz CT molecular complexity index is 706. The molecular weight excluding hydrogens is 328 g/mol. The van der Waals surface area contributed by atoms with Gasteiger partial charge in [-0.3, -0.25) is 4.90 Å². The highest BCUT2D eigenvalue weighted by Crippen LogP contribution is 2.24. The number of hydrogen-bond donors (Lipinski definition) is 1. The summed E-state index contributed by atoms with van der Waals surface area (Å²) in [7, 11) is 1.84. The number of ether oxygens (including phenoxy) is 2. The molecule has 24 heavy (non-hydrogen) atoms. The predicted octanol–water partition coefficient (Wildman–Crippen LogP) is 3.46. The van der Waals surface area contributed by atoms with Gasteiger partial charge in [0.25, 0.3) is 0 Å². The molecule has 0 saturated carbocycles. The molecule has 0 aromatic heterocycles. The van der Waals surface area contributed by atoms with E-state index in [1.165, 1.54) is 0 Å². The molecule has 1 aliphatic heterocycles. The number of amides is 1. The Kier molecular flexibility index (Phi) is 5.23. The Morgan fingerprint density at radius 3 is 2.79 bits per heavy atom. The Hall–Kier alpha value is -2.24. The van der Waals surface area contributed by atoms with Crippen LogP contribution in [0.5, 0.6) is 5.75 Å². The van der Waals surface area contributed by atoms with Gasteiger partial charge in [-0.15, -0.1) is 0 Å². The molecule has 1 fully saturated rings. The summed E-state index contributed by atoms with van der Waals surface area (Å²) in [6.45, 7) is 1.63. The summed E-state index contributed by atoms with van der Waals surface area (Å²) in [6.07, 6.45) is -0.441. The number of benzene rings is 2. The molecule has 126 valence electrons. The molecule has 1 saturated heterocycles. The first-order chi connectivity index (χ1) is 11.7. The number of hydrogen-bond acceptors (Lipinski definition) is 4. The van der Waals surface area contributed by atoms with E-state index in [9.17, 15) is 4.79 Å². The largest absolute Gasteiger partial charge is 0.489 e. The van der Waals surface area contributed by atoms with Crippen molar-refractivity contribution >= 4 is 23.4 Å². The van der Waals surface area contributed by atoms with Crippen LogP contribution in [0.1, 0.15) is 5.56 Å². The minimum Gasteiger partial charge on any atom is -0.489 e. The monoisotopic (exact) mass is 346 g/mol. The molecule has 0 unspecified atom stereocenters. The van der Waals surface area contributed by atoms with Crippen LogP contribution in [0.2, 0.25) is 5.02 Å². The Labute approximate surface area is 146 Å². The standard InChI is InChI=1S/C18H19ClN2O3/c1-20-10-17-11-21(18(22)24-17)15-5-7-16(8-6-15)23-12-13-3-2-4-14(19)9-13/h2-9,17,20H,10-12H2,1H3/t17-/m0/s1. The van der Waals surface area contributed by atoms with Gasteiger partial charge in [-0.2, -0.15) is 0 Å². The number of carbonyl (C=O) groups is 1. The predicted molar refractivity (Wildman–Crippen MR) is 93.8 cm³/mol. The van der Waals surface area contributed by atoms with Crippen molar-refractivity contribution in [2.45, 2.75) is 12.7 Å². The van der Waals surface area contributed by atoms with E-state index in [1.807, 2.05) is 55.6 Å². The summed E-state index contributed by atoms with van der Waals surface area (Å²) >= 11 is 5.96. The lowest BCUT2D eigenvalue weighted by atomic mass is 10.2. The van der Waals surface area contributed by atoms with Crippen LogP contribution in [-0.4, -0.2) is 32.3 Å². The molecule has 3 rings (SSSR count). The minimum absolute atomic E-state index is 0.124. The van der Waals surface area contributed by atoms with Crippen molar-refractivity contribution in [3.8, 4) is 5.75 Å². The molecule has 0 bridgehead atoms. The van der Waals surface area contributed by atoms with Crippen LogP contribution in [0.4, 0.5) is 10.5 Å². The molecule has 0 aliphatic carbocycles. The number of carbonyl (C=O) groups excluding carboxylic acids is 1. The van der Waals surface area contributed by atoms with Gasteiger partial charge in [-0.1, -0.05) is 23.7 Å². The van der Waals surface area contributed by atoms with Gasteiger partial charge in [0, 0.05) is 17.3 Å².